The second-order valence-electron chi connectivity index (χ2n) is 6.72. The maximum absolute atomic E-state index is 4.06. The summed E-state index contributed by atoms with van der Waals surface area (Å²) in [4.78, 5) is 0. The quantitative estimate of drug-likeness (QED) is 0.458. The zero-order chi connectivity index (χ0) is 16.7. The maximum Gasteiger partial charge on any atom is 0.0249 e. The number of hydrogen-bond acceptors (Lipinski definition) is 0. The van der Waals surface area contributed by atoms with Gasteiger partial charge in [0.15, 0.2) is 0 Å². The van der Waals surface area contributed by atoms with Crippen LogP contribution in [0.15, 0.2) is 60.2 Å². The van der Waals surface area contributed by atoms with Crippen LogP contribution in [0.3, 0.4) is 0 Å². The first-order valence-electron chi connectivity index (χ1n) is 8.70. The molecule has 1 aliphatic carbocycles. The Morgan fingerprint density at radius 2 is 1.74 bits per heavy atom. The van der Waals surface area contributed by atoms with Crippen molar-refractivity contribution in [2.75, 3.05) is 0 Å². The highest BCUT2D eigenvalue weighted by molar-refractivity contribution is 5.45. The zero-order valence-corrected chi connectivity index (χ0v) is 14.7. The Bertz CT molecular complexity index is 636. The molecule has 0 aliphatic heterocycles. The van der Waals surface area contributed by atoms with Crippen LogP contribution in [0.25, 0.3) is 0 Å². The van der Waals surface area contributed by atoms with Gasteiger partial charge in [-0.05, 0) is 62.3 Å². The van der Waals surface area contributed by atoms with Gasteiger partial charge >= 0.3 is 0 Å². The molecule has 0 radical (unpaired) electrons. The lowest BCUT2D eigenvalue weighted by molar-refractivity contribution is 0.323. The highest BCUT2D eigenvalue weighted by Crippen LogP contribution is 2.33. The lowest BCUT2D eigenvalue weighted by Gasteiger charge is -2.27. The fourth-order valence-electron chi connectivity index (χ4n) is 3.09. The van der Waals surface area contributed by atoms with Gasteiger partial charge in [0.25, 0.3) is 0 Å². The molecule has 0 atom stereocenters. The number of rotatable bonds is 3. The minimum atomic E-state index is 0.713. The molecule has 0 saturated heterocycles. The van der Waals surface area contributed by atoms with E-state index in [-0.39, 0.29) is 0 Å². The summed E-state index contributed by atoms with van der Waals surface area (Å²) in [6.45, 7) is 10.7. The van der Waals surface area contributed by atoms with Crippen LogP contribution < -0.4 is 0 Å². The molecule has 1 fully saturated rings. The van der Waals surface area contributed by atoms with Crippen molar-refractivity contribution >= 4 is 0 Å². The van der Waals surface area contributed by atoms with Crippen molar-refractivity contribution < 1.29 is 0 Å². The van der Waals surface area contributed by atoms with Gasteiger partial charge in [-0.15, -0.1) is 0 Å². The lowest BCUT2D eigenvalue weighted by Crippen LogP contribution is -2.13. The molecule has 120 valence electrons. The van der Waals surface area contributed by atoms with Crippen LogP contribution in [-0.2, 0) is 0 Å². The fourth-order valence-corrected chi connectivity index (χ4v) is 3.09. The summed E-state index contributed by atoms with van der Waals surface area (Å²) in [5.74, 6) is 7.93. The summed E-state index contributed by atoms with van der Waals surface area (Å²) in [6.07, 6.45) is 11.9. The summed E-state index contributed by atoms with van der Waals surface area (Å²) in [5.41, 5.74) is 4.61. The molecule has 0 bridgehead atoms. The molecule has 23 heavy (non-hydrogen) atoms. The molecule has 1 aromatic carbocycles. The zero-order valence-electron chi connectivity index (χ0n) is 14.7. The van der Waals surface area contributed by atoms with E-state index in [4.69, 9.17) is 0 Å². The fraction of sp³-hybridized carbons (Fsp3) is 0.391. The Hall–Kier alpha value is -2.00. The molecule has 0 N–H and O–H groups in total. The van der Waals surface area contributed by atoms with E-state index < -0.39 is 0 Å². The van der Waals surface area contributed by atoms with E-state index in [1.165, 1.54) is 36.8 Å². The van der Waals surface area contributed by atoms with Crippen LogP contribution >= 0.6 is 0 Å². The van der Waals surface area contributed by atoms with Crippen molar-refractivity contribution in [3.8, 4) is 11.8 Å². The van der Waals surface area contributed by atoms with Crippen LogP contribution in [0.1, 0.15) is 50.7 Å². The molecule has 0 aromatic heterocycles. The number of aryl methyl sites for hydroxylation is 1. The highest BCUT2D eigenvalue weighted by atomic mass is 14.2. The van der Waals surface area contributed by atoms with E-state index in [0.717, 1.165) is 17.1 Å². The summed E-state index contributed by atoms with van der Waals surface area (Å²) in [6, 6.07) is 8.29. The van der Waals surface area contributed by atoms with Crippen molar-refractivity contribution in [2.24, 2.45) is 11.8 Å². The number of hydrogen-bond donors (Lipinski definition) is 0. The topological polar surface area (TPSA) is 0 Å². The van der Waals surface area contributed by atoms with E-state index in [0.29, 0.717) is 5.92 Å². The first-order chi connectivity index (χ1) is 11.1. The van der Waals surface area contributed by atoms with Gasteiger partial charge in [0.1, 0.15) is 0 Å². The average molecular weight is 304 g/mol. The Morgan fingerprint density at radius 1 is 1.09 bits per heavy atom. The standard InChI is InChI=1S/C23H28/c1-5-22(23-16-10-20(4)11-17-23)15-9-19(3)8-14-21-12-6-18(2)7-13-21/h5-7,9,12-13,15,20,23H,3,10-11,16-17H2,1-2,4H3/b15-9-,22-5+. The third-order valence-electron chi connectivity index (χ3n) is 4.72. The van der Waals surface area contributed by atoms with Crippen LogP contribution in [0.5, 0.6) is 0 Å². The third-order valence-corrected chi connectivity index (χ3v) is 4.72. The van der Waals surface area contributed by atoms with Gasteiger partial charge in [0.2, 0.25) is 0 Å². The van der Waals surface area contributed by atoms with Gasteiger partial charge in [-0.2, -0.15) is 0 Å². The molecule has 0 spiro atoms. The molecule has 0 nitrogen and oxygen atoms in total. The molecule has 0 heterocycles. The molecule has 0 amide bonds. The summed E-state index contributed by atoms with van der Waals surface area (Å²) < 4.78 is 0. The molecule has 1 aliphatic rings. The molecule has 0 heteroatoms. The first kappa shape index (κ1) is 17.4. The van der Waals surface area contributed by atoms with Crippen LogP contribution in [0.2, 0.25) is 0 Å². The Morgan fingerprint density at radius 3 is 2.35 bits per heavy atom. The summed E-state index contributed by atoms with van der Waals surface area (Å²) >= 11 is 0. The van der Waals surface area contributed by atoms with E-state index in [2.05, 4.69) is 81.7 Å². The minimum absolute atomic E-state index is 0.713. The van der Waals surface area contributed by atoms with Crippen LogP contribution in [0.4, 0.5) is 0 Å². The number of benzene rings is 1. The Balaban J connectivity index is 1.95. The van der Waals surface area contributed by atoms with Gasteiger partial charge in [0, 0.05) is 11.1 Å². The smallest absolute Gasteiger partial charge is 0.0249 e. The molecule has 1 aromatic rings. The largest absolute Gasteiger partial charge is 0.0842 e. The van der Waals surface area contributed by atoms with Crippen molar-refractivity contribution in [1.82, 2.24) is 0 Å². The Labute approximate surface area is 142 Å². The van der Waals surface area contributed by atoms with E-state index in [1.807, 2.05) is 0 Å². The molecule has 0 unspecified atom stereocenters. The average Bonchev–Trinajstić information content (AvgIpc) is 2.56. The number of allylic oxidation sites excluding steroid dienone is 5. The molecule has 1 saturated carbocycles. The van der Waals surface area contributed by atoms with Gasteiger partial charge < -0.3 is 0 Å². The third kappa shape index (κ3) is 5.61. The van der Waals surface area contributed by atoms with E-state index >= 15 is 0 Å². The van der Waals surface area contributed by atoms with Crippen molar-refractivity contribution in [2.45, 2.75) is 46.5 Å². The molecule has 2 rings (SSSR count). The van der Waals surface area contributed by atoms with E-state index in [1.54, 1.807) is 0 Å². The first-order valence-corrected chi connectivity index (χ1v) is 8.70. The van der Waals surface area contributed by atoms with Crippen molar-refractivity contribution in [3.05, 3.63) is 71.3 Å². The van der Waals surface area contributed by atoms with Crippen LogP contribution in [-0.4, -0.2) is 0 Å². The SMILES string of the molecule is C=C(C#Cc1ccc(C)cc1)/C=C\C(=C/C)C1CCC(C)CC1. The van der Waals surface area contributed by atoms with Crippen molar-refractivity contribution in [3.63, 3.8) is 0 Å². The molecular formula is C23H28. The normalized spacial score (nSPS) is 21.8. The summed E-state index contributed by atoms with van der Waals surface area (Å²) in [7, 11) is 0. The predicted octanol–water partition coefficient (Wildman–Crippen LogP) is 6.23. The van der Waals surface area contributed by atoms with Gasteiger partial charge in [0.05, 0.1) is 0 Å². The second kappa shape index (κ2) is 8.59. The molecular weight excluding hydrogens is 276 g/mol. The minimum Gasteiger partial charge on any atom is -0.0842 e. The van der Waals surface area contributed by atoms with Crippen LogP contribution in [0, 0.1) is 30.6 Å². The van der Waals surface area contributed by atoms with Gasteiger partial charge in [-0.25, -0.2) is 0 Å². The van der Waals surface area contributed by atoms with Gasteiger partial charge in [-0.3, -0.25) is 0 Å². The summed E-state index contributed by atoms with van der Waals surface area (Å²) in [5, 5.41) is 0. The predicted molar refractivity (Wildman–Crippen MR) is 101 cm³/mol. The van der Waals surface area contributed by atoms with Crippen molar-refractivity contribution in [1.29, 1.82) is 0 Å². The van der Waals surface area contributed by atoms with Gasteiger partial charge in [-0.1, -0.05) is 68.0 Å². The highest BCUT2D eigenvalue weighted by Gasteiger charge is 2.19. The lowest BCUT2D eigenvalue weighted by atomic mass is 9.79. The van der Waals surface area contributed by atoms with E-state index in [9.17, 15) is 0 Å². The Kier molecular flexibility index (Phi) is 6.48. The second-order valence-corrected chi connectivity index (χ2v) is 6.72. The maximum atomic E-state index is 4.06. The monoisotopic (exact) mass is 304 g/mol.